The fourth-order valence-corrected chi connectivity index (χ4v) is 4.35. The van der Waals surface area contributed by atoms with Crippen LogP contribution in [0.1, 0.15) is 35.6 Å². The molecule has 4 rings (SSSR count). The first-order valence-corrected chi connectivity index (χ1v) is 12.5. The number of benzene rings is 3. The average Bonchev–Trinajstić information content (AvgIpc) is 3.34. The molecule has 0 bridgehead atoms. The average molecular weight is 548 g/mol. The Kier molecular flexibility index (Phi) is 9.11. The second-order valence-electron chi connectivity index (χ2n) is 8.95. The number of hydrogen-bond donors (Lipinski definition) is 2. The molecule has 11 heteroatoms. The molecule has 1 heterocycles. The summed E-state index contributed by atoms with van der Waals surface area (Å²) in [5, 5.41) is 15.4. The Labute approximate surface area is 229 Å². The number of hydrogen-bond acceptors (Lipinski definition) is 6. The minimum Gasteiger partial charge on any atom is -0.494 e. The van der Waals surface area contributed by atoms with Gasteiger partial charge in [-0.2, -0.15) is 0 Å². The lowest BCUT2D eigenvalue weighted by Crippen LogP contribution is -2.47. The lowest BCUT2D eigenvalue weighted by atomic mass is 9.83. The van der Waals surface area contributed by atoms with Gasteiger partial charge in [0, 0.05) is 59.3 Å². The minimum atomic E-state index is -1.59. The largest absolute Gasteiger partial charge is 0.494 e. The van der Waals surface area contributed by atoms with Crippen LogP contribution in [0.25, 0.3) is 10.4 Å². The van der Waals surface area contributed by atoms with Gasteiger partial charge in [0.05, 0.1) is 6.61 Å². The van der Waals surface area contributed by atoms with E-state index in [0.717, 1.165) is 12.1 Å². The second-order valence-corrected chi connectivity index (χ2v) is 8.95. The van der Waals surface area contributed by atoms with E-state index in [1.165, 1.54) is 12.1 Å². The van der Waals surface area contributed by atoms with E-state index >= 15 is 0 Å². The summed E-state index contributed by atoms with van der Waals surface area (Å²) in [4.78, 5) is 21.5. The molecular formula is C29H27F2N5O4. The summed E-state index contributed by atoms with van der Waals surface area (Å²) in [7, 11) is 0. The Bertz CT molecular complexity index is 1460. The fraction of sp³-hybridized carbons (Fsp3) is 0.241. The summed E-state index contributed by atoms with van der Waals surface area (Å²) >= 11 is 0. The van der Waals surface area contributed by atoms with Crippen LogP contribution in [-0.4, -0.2) is 35.7 Å². The van der Waals surface area contributed by atoms with Gasteiger partial charge < -0.3 is 19.9 Å². The molecule has 0 aliphatic carbocycles. The van der Waals surface area contributed by atoms with Crippen LogP contribution in [0.4, 0.5) is 14.5 Å². The molecule has 0 saturated heterocycles. The summed E-state index contributed by atoms with van der Waals surface area (Å²) in [5.74, 6) is -1.37. The van der Waals surface area contributed by atoms with Crippen molar-refractivity contribution in [1.82, 2.24) is 5.32 Å². The van der Waals surface area contributed by atoms with Gasteiger partial charge in [0.15, 0.2) is 11.6 Å². The van der Waals surface area contributed by atoms with Gasteiger partial charge in [-0.05, 0) is 35.9 Å². The lowest BCUT2D eigenvalue weighted by molar-refractivity contribution is -0.129. The lowest BCUT2D eigenvalue weighted by Gasteiger charge is -2.30. The predicted molar refractivity (Wildman–Crippen MR) is 145 cm³/mol. The Morgan fingerprint density at radius 2 is 2.00 bits per heavy atom. The SMILES string of the molecule is C=CC[C@@]1(C(=O)NCc2ccc(F)cc2F)N=C(c2ccc(OCCCO)cc2)O[C@@H]1c1ccccc1N=[N+]=[N-]. The van der Waals surface area contributed by atoms with Crippen LogP contribution >= 0.6 is 0 Å². The number of rotatable bonds is 12. The van der Waals surface area contributed by atoms with E-state index in [1.54, 1.807) is 48.5 Å². The molecule has 1 aliphatic heterocycles. The Morgan fingerprint density at radius 1 is 1.23 bits per heavy atom. The molecule has 9 nitrogen and oxygen atoms in total. The number of ether oxygens (including phenoxy) is 2. The zero-order chi connectivity index (χ0) is 28.5. The summed E-state index contributed by atoms with van der Waals surface area (Å²) in [5.41, 5.74) is 8.86. The van der Waals surface area contributed by atoms with Gasteiger partial charge in [0.2, 0.25) is 5.90 Å². The highest BCUT2D eigenvalue weighted by Crippen LogP contribution is 2.45. The standard InChI is InChI=1S/C29H27F2N5O4/c1-2-14-29(28(38)33-18-20-8-11-21(30)17-24(20)31)26(23-6-3-4-7-25(23)35-36-32)40-27(34-29)19-9-12-22(13-10-19)39-16-5-15-37/h2-4,6-13,17,26,37H,1,5,14-16,18H2,(H,33,38)/t26-,29-/m1/s1. The molecule has 0 fully saturated rings. The number of aliphatic hydroxyl groups excluding tert-OH is 1. The van der Waals surface area contributed by atoms with Gasteiger partial charge in [-0.1, -0.05) is 41.5 Å². The van der Waals surface area contributed by atoms with Gasteiger partial charge in [0.25, 0.3) is 5.91 Å². The maximum absolute atomic E-state index is 14.3. The van der Waals surface area contributed by atoms with Gasteiger partial charge in [0.1, 0.15) is 17.4 Å². The highest BCUT2D eigenvalue weighted by molar-refractivity contribution is 6.01. The third-order valence-electron chi connectivity index (χ3n) is 6.31. The number of carbonyl (C=O) groups excluding carboxylic acids is 1. The number of nitrogens with one attached hydrogen (secondary N) is 1. The summed E-state index contributed by atoms with van der Waals surface area (Å²) < 4.78 is 39.5. The van der Waals surface area contributed by atoms with Crippen molar-refractivity contribution >= 4 is 17.5 Å². The molecule has 3 aromatic carbocycles. The fourth-order valence-electron chi connectivity index (χ4n) is 4.35. The van der Waals surface area contributed by atoms with E-state index in [0.29, 0.717) is 29.9 Å². The molecule has 0 radical (unpaired) electrons. The number of carbonyl (C=O) groups is 1. The smallest absolute Gasteiger partial charge is 0.252 e. The van der Waals surface area contributed by atoms with E-state index < -0.39 is 29.2 Å². The maximum atomic E-state index is 14.3. The van der Waals surface area contributed by atoms with Crippen molar-refractivity contribution < 1.29 is 28.2 Å². The monoisotopic (exact) mass is 547 g/mol. The zero-order valence-electron chi connectivity index (χ0n) is 21.5. The Hall–Kier alpha value is -4.73. The molecule has 0 aromatic heterocycles. The number of nitrogens with zero attached hydrogens (tertiary/aromatic N) is 4. The second kappa shape index (κ2) is 12.9. The van der Waals surface area contributed by atoms with Crippen molar-refractivity contribution in [3.63, 3.8) is 0 Å². The van der Waals surface area contributed by atoms with Crippen molar-refractivity contribution in [2.45, 2.75) is 31.0 Å². The molecule has 206 valence electrons. The first kappa shape index (κ1) is 28.3. The normalized spacial score (nSPS) is 17.8. The van der Waals surface area contributed by atoms with Crippen molar-refractivity contribution in [2.24, 2.45) is 10.1 Å². The number of halogens is 2. The number of aliphatic hydroxyl groups is 1. The third kappa shape index (κ3) is 6.12. The molecule has 1 aliphatic rings. The zero-order valence-corrected chi connectivity index (χ0v) is 21.5. The Morgan fingerprint density at radius 3 is 2.70 bits per heavy atom. The van der Waals surface area contributed by atoms with Crippen LogP contribution < -0.4 is 10.1 Å². The van der Waals surface area contributed by atoms with Crippen LogP contribution in [0.3, 0.4) is 0 Å². The first-order valence-electron chi connectivity index (χ1n) is 12.5. The van der Waals surface area contributed by atoms with Crippen LogP contribution in [-0.2, 0) is 16.1 Å². The van der Waals surface area contributed by atoms with Crippen LogP contribution in [0.15, 0.2) is 89.5 Å². The first-order chi connectivity index (χ1) is 19.4. The van der Waals surface area contributed by atoms with Gasteiger partial charge >= 0.3 is 0 Å². The number of amides is 1. The van der Waals surface area contributed by atoms with E-state index in [9.17, 15) is 13.6 Å². The molecule has 2 atom stereocenters. The molecule has 1 amide bonds. The molecular weight excluding hydrogens is 520 g/mol. The summed E-state index contributed by atoms with van der Waals surface area (Å²) in [6.45, 7) is 3.95. The molecule has 0 saturated carbocycles. The predicted octanol–water partition coefficient (Wildman–Crippen LogP) is 5.82. The molecule has 40 heavy (non-hydrogen) atoms. The van der Waals surface area contributed by atoms with Crippen LogP contribution in [0, 0.1) is 11.6 Å². The van der Waals surface area contributed by atoms with Crippen molar-refractivity contribution in [1.29, 1.82) is 0 Å². The van der Waals surface area contributed by atoms with E-state index in [4.69, 9.17) is 25.1 Å². The molecule has 0 unspecified atom stereocenters. The van der Waals surface area contributed by atoms with Gasteiger partial charge in [-0.25, -0.2) is 13.8 Å². The topological polar surface area (TPSA) is 129 Å². The van der Waals surface area contributed by atoms with Crippen molar-refractivity contribution in [3.8, 4) is 5.75 Å². The highest BCUT2D eigenvalue weighted by Gasteiger charge is 2.53. The quantitative estimate of drug-likeness (QED) is 0.0974. The molecule has 3 aromatic rings. The Balaban J connectivity index is 1.73. The van der Waals surface area contributed by atoms with Crippen LogP contribution in [0.5, 0.6) is 5.75 Å². The van der Waals surface area contributed by atoms with E-state index in [-0.39, 0.29) is 36.7 Å². The van der Waals surface area contributed by atoms with E-state index in [2.05, 4.69) is 21.9 Å². The number of aliphatic imine (C=N–C) groups is 1. The van der Waals surface area contributed by atoms with Gasteiger partial charge in [-0.3, -0.25) is 4.79 Å². The summed E-state index contributed by atoms with van der Waals surface area (Å²) in [6, 6.07) is 16.7. The van der Waals surface area contributed by atoms with Gasteiger partial charge in [-0.15, -0.1) is 6.58 Å². The molecule has 2 N–H and O–H groups in total. The third-order valence-corrected chi connectivity index (χ3v) is 6.31. The maximum Gasteiger partial charge on any atom is 0.252 e. The summed E-state index contributed by atoms with van der Waals surface area (Å²) in [6.07, 6.45) is 1.02. The number of azide groups is 1. The van der Waals surface area contributed by atoms with Crippen molar-refractivity contribution in [2.75, 3.05) is 13.2 Å². The minimum absolute atomic E-state index is 0.0166. The van der Waals surface area contributed by atoms with Crippen molar-refractivity contribution in [3.05, 3.63) is 118 Å². The van der Waals surface area contributed by atoms with E-state index in [1.807, 2.05) is 0 Å². The molecule has 0 spiro atoms. The highest BCUT2D eigenvalue weighted by atomic mass is 19.1. The van der Waals surface area contributed by atoms with Crippen LogP contribution in [0.2, 0.25) is 0 Å².